The second-order valence-corrected chi connectivity index (χ2v) is 14.9. The number of pyridine rings is 2. The number of thiazole rings is 2. The summed E-state index contributed by atoms with van der Waals surface area (Å²) in [6.07, 6.45) is 7.50. The van der Waals surface area contributed by atoms with Crippen molar-refractivity contribution in [1.82, 2.24) is 19.9 Å². The quantitative estimate of drug-likeness (QED) is 0.153. The third-order valence-corrected chi connectivity index (χ3v) is 11.5. The van der Waals surface area contributed by atoms with Gasteiger partial charge in [0.15, 0.2) is 0 Å². The van der Waals surface area contributed by atoms with Crippen LogP contribution in [0.1, 0.15) is 0 Å². The summed E-state index contributed by atoms with van der Waals surface area (Å²) in [4.78, 5) is 19.3. The van der Waals surface area contributed by atoms with Gasteiger partial charge in [-0.25, -0.2) is 9.97 Å². The van der Waals surface area contributed by atoms with Crippen LogP contribution in [0.3, 0.4) is 0 Å². The number of hydrogen-bond acceptors (Lipinski definition) is 6. The molecule has 6 aromatic carbocycles. The molecular formula is C48H30N4S2. The number of nitrogens with zero attached hydrogens (tertiary/aromatic N) is 4. The molecule has 4 aromatic heterocycles. The van der Waals surface area contributed by atoms with E-state index in [4.69, 9.17) is 9.97 Å². The summed E-state index contributed by atoms with van der Waals surface area (Å²) < 4.78 is 0. The molecule has 0 saturated heterocycles. The van der Waals surface area contributed by atoms with Gasteiger partial charge >= 0.3 is 0 Å². The molecule has 0 aliphatic heterocycles. The first-order valence-corrected chi connectivity index (χ1v) is 19.5. The molecule has 0 aliphatic carbocycles. The lowest BCUT2D eigenvalue weighted by Gasteiger charge is -2.19. The Balaban J connectivity index is 1.27. The summed E-state index contributed by atoms with van der Waals surface area (Å²) in [6, 6.07) is 52.1. The topological polar surface area (TPSA) is 51.6 Å². The van der Waals surface area contributed by atoms with Crippen LogP contribution in [0.4, 0.5) is 0 Å². The highest BCUT2D eigenvalue weighted by molar-refractivity contribution is 7.13. The van der Waals surface area contributed by atoms with Gasteiger partial charge in [-0.2, -0.15) is 0 Å². The summed E-state index contributed by atoms with van der Waals surface area (Å²) in [5.41, 5.74) is 13.1. The molecule has 0 aliphatic rings. The highest BCUT2D eigenvalue weighted by Crippen LogP contribution is 2.45. The molecule has 0 amide bonds. The van der Waals surface area contributed by atoms with Crippen LogP contribution < -0.4 is 0 Å². The molecule has 0 fully saturated rings. The highest BCUT2D eigenvalue weighted by atomic mass is 32.1. The van der Waals surface area contributed by atoms with Crippen LogP contribution in [0.5, 0.6) is 0 Å². The van der Waals surface area contributed by atoms with E-state index in [0.29, 0.717) is 0 Å². The predicted molar refractivity (Wildman–Crippen MR) is 226 cm³/mol. The molecule has 0 unspecified atom stereocenters. The molecule has 254 valence electrons. The summed E-state index contributed by atoms with van der Waals surface area (Å²) in [6.45, 7) is 0. The second kappa shape index (κ2) is 13.7. The van der Waals surface area contributed by atoms with Crippen molar-refractivity contribution < 1.29 is 0 Å². The van der Waals surface area contributed by atoms with E-state index in [1.807, 2.05) is 47.7 Å². The minimum Gasteiger partial charge on any atom is -0.256 e. The van der Waals surface area contributed by atoms with E-state index >= 15 is 0 Å². The Kier molecular flexibility index (Phi) is 8.17. The summed E-state index contributed by atoms with van der Waals surface area (Å²) in [7, 11) is 0. The van der Waals surface area contributed by atoms with Gasteiger partial charge in [-0.05, 0) is 103 Å². The van der Waals surface area contributed by atoms with Gasteiger partial charge in [0.2, 0.25) is 0 Å². The lowest BCUT2D eigenvalue weighted by molar-refractivity contribution is 1.32. The average molecular weight is 727 g/mol. The van der Waals surface area contributed by atoms with Gasteiger partial charge in [0.05, 0.1) is 11.4 Å². The fraction of sp³-hybridized carbons (Fsp3) is 0. The fourth-order valence-corrected chi connectivity index (χ4v) is 8.70. The Morgan fingerprint density at radius 3 is 1.26 bits per heavy atom. The van der Waals surface area contributed by atoms with Gasteiger partial charge in [0.1, 0.15) is 10.0 Å². The van der Waals surface area contributed by atoms with Crippen molar-refractivity contribution in [2.75, 3.05) is 0 Å². The normalized spacial score (nSPS) is 11.3. The molecule has 4 nitrogen and oxygen atoms in total. The third-order valence-electron chi connectivity index (χ3n) is 9.90. The van der Waals surface area contributed by atoms with Gasteiger partial charge in [0.25, 0.3) is 0 Å². The van der Waals surface area contributed by atoms with Gasteiger partial charge in [-0.1, -0.05) is 97.1 Å². The summed E-state index contributed by atoms with van der Waals surface area (Å²) >= 11 is 3.27. The number of fused-ring (bicyclic) bond motifs is 2. The van der Waals surface area contributed by atoms with Gasteiger partial charge in [-0.3, -0.25) is 9.97 Å². The number of benzene rings is 6. The van der Waals surface area contributed by atoms with Crippen molar-refractivity contribution in [3.8, 4) is 77.0 Å². The fourth-order valence-electron chi connectivity index (χ4n) is 7.43. The lowest BCUT2D eigenvalue weighted by atomic mass is 9.86. The Labute approximate surface area is 320 Å². The third kappa shape index (κ3) is 5.88. The summed E-state index contributed by atoms with van der Waals surface area (Å²) in [5.74, 6) is 0. The molecule has 0 spiro atoms. The van der Waals surface area contributed by atoms with E-state index < -0.39 is 0 Å². The zero-order valence-corrected chi connectivity index (χ0v) is 30.6. The molecule has 0 radical (unpaired) electrons. The Bertz CT molecular complexity index is 2860. The van der Waals surface area contributed by atoms with Crippen LogP contribution in [0.15, 0.2) is 181 Å². The molecule has 0 atom stereocenters. The van der Waals surface area contributed by atoms with E-state index in [2.05, 4.69) is 143 Å². The van der Waals surface area contributed by atoms with Crippen LogP contribution in [-0.2, 0) is 0 Å². The maximum Gasteiger partial charge on any atom is 0.123 e. The van der Waals surface area contributed by atoms with Crippen LogP contribution >= 0.6 is 22.7 Å². The first kappa shape index (κ1) is 32.1. The minimum absolute atomic E-state index is 0.903. The molecule has 0 saturated carbocycles. The number of rotatable bonds is 7. The van der Waals surface area contributed by atoms with Crippen LogP contribution in [0, 0.1) is 0 Å². The maximum atomic E-state index is 5.03. The zero-order valence-electron chi connectivity index (χ0n) is 28.9. The monoisotopic (exact) mass is 726 g/mol. The molecule has 4 heterocycles. The Morgan fingerprint density at radius 1 is 0.296 bits per heavy atom. The highest BCUT2D eigenvalue weighted by Gasteiger charge is 2.20. The van der Waals surface area contributed by atoms with Crippen LogP contribution in [0.2, 0.25) is 0 Å². The molecule has 10 aromatic rings. The van der Waals surface area contributed by atoms with E-state index in [1.165, 1.54) is 22.3 Å². The van der Waals surface area contributed by atoms with Crippen molar-refractivity contribution in [3.05, 3.63) is 181 Å². The van der Waals surface area contributed by atoms with Crippen molar-refractivity contribution in [3.63, 3.8) is 0 Å². The van der Waals surface area contributed by atoms with E-state index in [1.54, 1.807) is 22.7 Å². The smallest absolute Gasteiger partial charge is 0.123 e. The summed E-state index contributed by atoms with van der Waals surface area (Å²) in [5, 5.41) is 10.4. The zero-order chi connectivity index (χ0) is 35.8. The SMILES string of the molecule is c1ccc(-c2cc(-c3ccccc3)cc(-c3ccc4c(-c5cc(-c6nccs6)ccn5)c5ccccc5c(-c5cc(-c6nccs6)ccn5)c4c3)c2)cc1. The Morgan fingerprint density at radius 2 is 0.759 bits per heavy atom. The van der Waals surface area contributed by atoms with Crippen LogP contribution in [0.25, 0.3) is 98.6 Å². The standard InChI is InChI=1S/C48H30N4S2/c1-3-9-31(10-4-1)36-25-37(32-11-5-2-6-12-32)27-38(26-36)33-15-16-41-42(28-33)46(44-30-35(18-20-50-44)48-52-22-24-54-48)40-14-8-7-13-39(40)45(41)43-29-34(17-19-49-43)47-51-21-23-53-47/h1-30H. The van der Waals surface area contributed by atoms with E-state index in [-0.39, 0.29) is 0 Å². The first-order chi connectivity index (χ1) is 26.8. The molecule has 0 bridgehead atoms. The second-order valence-electron chi connectivity index (χ2n) is 13.1. The Hall–Kier alpha value is -6.60. The van der Waals surface area contributed by atoms with Gasteiger partial charge < -0.3 is 0 Å². The lowest BCUT2D eigenvalue weighted by Crippen LogP contribution is -1.95. The average Bonchev–Trinajstić information content (AvgIpc) is 4.00. The van der Waals surface area contributed by atoms with E-state index in [0.717, 1.165) is 76.3 Å². The van der Waals surface area contributed by atoms with Crippen molar-refractivity contribution >= 4 is 44.2 Å². The molecule has 54 heavy (non-hydrogen) atoms. The first-order valence-electron chi connectivity index (χ1n) is 17.7. The molecule has 0 N–H and O–H groups in total. The molecule has 6 heteroatoms. The predicted octanol–water partition coefficient (Wildman–Crippen LogP) is 13.4. The maximum absolute atomic E-state index is 5.03. The van der Waals surface area contributed by atoms with Crippen molar-refractivity contribution in [2.24, 2.45) is 0 Å². The number of hydrogen-bond donors (Lipinski definition) is 0. The van der Waals surface area contributed by atoms with Crippen molar-refractivity contribution in [2.45, 2.75) is 0 Å². The van der Waals surface area contributed by atoms with Crippen molar-refractivity contribution in [1.29, 1.82) is 0 Å². The van der Waals surface area contributed by atoms with Gasteiger partial charge in [-0.15, -0.1) is 22.7 Å². The van der Waals surface area contributed by atoms with Gasteiger partial charge in [0, 0.05) is 57.8 Å². The van der Waals surface area contributed by atoms with E-state index in [9.17, 15) is 0 Å². The molecule has 10 rings (SSSR count). The van der Waals surface area contributed by atoms with Crippen LogP contribution in [-0.4, -0.2) is 19.9 Å². The number of aromatic nitrogens is 4. The molecular weight excluding hydrogens is 697 g/mol. The largest absolute Gasteiger partial charge is 0.256 e. The minimum atomic E-state index is 0.903.